The summed E-state index contributed by atoms with van der Waals surface area (Å²) in [5.74, 6) is 2.63. The van der Waals surface area contributed by atoms with E-state index in [0.29, 0.717) is 13.2 Å². The summed E-state index contributed by atoms with van der Waals surface area (Å²) < 4.78 is 11.7. The number of H-pyrrole nitrogens is 1. The third kappa shape index (κ3) is 2.01. The number of ether oxygens (including phenoxy) is 2. The Bertz CT molecular complexity index is 894. The van der Waals surface area contributed by atoms with Crippen molar-refractivity contribution in [2.45, 2.75) is 18.9 Å². The zero-order valence-corrected chi connectivity index (χ0v) is 13.1. The van der Waals surface area contributed by atoms with Crippen molar-refractivity contribution in [3.63, 3.8) is 0 Å². The van der Waals surface area contributed by atoms with Gasteiger partial charge in [-0.3, -0.25) is 5.10 Å². The van der Waals surface area contributed by atoms with E-state index in [-0.39, 0.29) is 6.04 Å². The summed E-state index contributed by atoms with van der Waals surface area (Å²) in [6, 6.07) is 6.35. The van der Waals surface area contributed by atoms with Crippen LogP contribution in [-0.4, -0.2) is 39.9 Å². The lowest BCUT2D eigenvalue weighted by Crippen LogP contribution is -2.25. The standard InChI is InChI=1S/C17H17N5O2/c1-3-11(15-14(5-1)23-7-8-24-15)13-4-2-6-22(13)17-12-9-20-21-16(12)18-10-19-17/h1,3,5,9-10,13H,2,4,6-8H2,(H,18,19,20,21)/t13-/m1/s1. The highest BCUT2D eigenvalue weighted by Gasteiger charge is 2.32. The molecular formula is C17H17N5O2. The fraction of sp³-hybridized carbons (Fsp3) is 0.353. The molecule has 1 aromatic carbocycles. The predicted octanol–water partition coefficient (Wildman–Crippen LogP) is 2.47. The van der Waals surface area contributed by atoms with Crippen molar-refractivity contribution >= 4 is 16.9 Å². The largest absolute Gasteiger partial charge is 0.486 e. The minimum Gasteiger partial charge on any atom is -0.486 e. The van der Waals surface area contributed by atoms with E-state index in [0.717, 1.165) is 47.7 Å². The van der Waals surface area contributed by atoms with Crippen molar-refractivity contribution in [1.82, 2.24) is 20.2 Å². The quantitative estimate of drug-likeness (QED) is 0.781. The number of hydrogen-bond donors (Lipinski definition) is 1. The number of para-hydroxylation sites is 1. The molecule has 2 aliphatic rings. The second kappa shape index (κ2) is 5.36. The maximum Gasteiger partial charge on any atom is 0.166 e. The highest BCUT2D eigenvalue weighted by atomic mass is 16.6. The van der Waals surface area contributed by atoms with Crippen LogP contribution in [0.3, 0.4) is 0 Å². The van der Waals surface area contributed by atoms with Crippen molar-refractivity contribution in [2.75, 3.05) is 24.7 Å². The number of nitrogens with one attached hydrogen (secondary N) is 1. The number of fused-ring (bicyclic) bond motifs is 2. The summed E-state index contributed by atoms with van der Waals surface area (Å²) in [7, 11) is 0. The van der Waals surface area contributed by atoms with Gasteiger partial charge < -0.3 is 14.4 Å². The van der Waals surface area contributed by atoms with Crippen molar-refractivity contribution < 1.29 is 9.47 Å². The lowest BCUT2D eigenvalue weighted by molar-refractivity contribution is 0.169. The van der Waals surface area contributed by atoms with E-state index in [1.807, 2.05) is 12.1 Å². The number of hydrogen-bond acceptors (Lipinski definition) is 6. The number of aromatic amines is 1. The maximum absolute atomic E-state index is 5.92. The van der Waals surface area contributed by atoms with Gasteiger partial charge in [0.05, 0.1) is 17.6 Å². The van der Waals surface area contributed by atoms with E-state index in [4.69, 9.17) is 9.47 Å². The van der Waals surface area contributed by atoms with Gasteiger partial charge in [-0.1, -0.05) is 12.1 Å². The Labute approximate surface area is 138 Å². The maximum atomic E-state index is 5.92. The monoisotopic (exact) mass is 323 g/mol. The molecule has 0 saturated carbocycles. The first-order valence-corrected chi connectivity index (χ1v) is 8.21. The highest BCUT2D eigenvalue weighted by Crippen LogP contribution is 2.44. The average molecular weight is 323 g/mol. The summed E-state index contributed by atoms with van der Waals surface area (Å²) in [4.78, 5) is 11.1. The Morgan fingerprint density at radius 1 is 1.17 bits per heavy atom. The Balaban J connectivity index is 1.60. The second-order valence-corrected chi connectivity index (χ2v) is 6.05. The molecule has 0 amide bonds. The minimum absolute atomic E-state index is 0.217. The Morgan fingerprint density at radius 2 is 2.12 bits per heavy atom. The molecule has 0 aliphatic carbocycles. The lowest BCUT2D eigenvalue weighted by Gasteiger charge is -2.29. The summed E-state index contributed by atoms with van der Waals surface area (Å²) in [6.45, 7) is 2.15. The van der Waals surface area contributed by atoms with Gasteiger partial charge in [-0.15, -0.1) is 0 Å². The molecule has 1 saturated heterocycles. The summed E-state index contributed by atoms with van der Waals surface area (Å²) in [5.41, 5.74) is 1.93. The first-order chi connectivity index (χ1) is 11.9. The number of anilines is 1. The molecule has 2 aliphatic heterocycles. The normalized spacial score (nSPS) is 19.8. The van der Waals surface area contributed by atoms with Gasteiger partial charge >= 0.3 is 0 Å². The number of rotatable bonds is 2. The van der Waals surface area contributed by atoms with Crippen LogP contribution in [0.15, 0.2) is 30.7 Å². The number of benzene rings is 1. The van der Waals surface area contributed by atoms with E-state index in [2.05, 4.69) is 31.1 Å². The molecule has 7 heteroatoms. The molecule has 1 atom stereocenters. The van der Waals surface area contributed by atoms with Crippen LogP contribution in [0, 0.1) is 0 Å². The van der Waals surface area contributed by atoms with Gasteiger partial charge in [0.15, 0.2) is 17.1 Å². The molecule has 0 bridgehead atoms. The van der Waals surface area contributed by atoms with Crippen molar-refractivity contribution in [1.29, 1.82) is 0 Å². The molecule has 0 radical (unpaired) electrons. The molecule has 122 valence electrons. The molecule has 0 spiro atoms. The Kier molecular flexibility index (Phi) is 3.04. The van der Waals surface area contributed by atoms with Crippen LogP contribution in [0.5, 0.6) is 11.5 Å². The van der Waals surface area contributed by atoms with Crippen molar-refractivity contribution in [3.8, 4) is 11.5 Å². The van der Waals surface area contributed by atoms with Crippen LogP contribution < -0.4 is 14.4 Å². The van der Waals surface area contributed by atoms with E-state index >= 15 is 0 Å². The fourth-order valence-corrected chi connectivity index (χ4v) is 3.68. The van der Waals surface area contributed by atoms with E-state index in [1.165, 1.54) is 5.56 Å². The lowest BCUT2D eigenvalue weighted by atomic mass is 10.0. The molecule has 5 rings (SSSR count). The minimum atomic E-state index is 0.217. The average Bonchev–Trinajstić information content (AvgIpc) is 3.30. The Morgan fingerprint density at radius 3 is 3.12 bits per heavy atom. The second-order valence-electron chi connectivity index (χ2n) is 6.05. The molecule has 24 heavy (non-hydrogen) atoms. The molecular weight excluding hydrogens is 306 g/mol. The first-order valence-electron chi connectivity index (χ1n) is 8.21. The van der Waals surface area contributed by atoms with Crippen LogP contribution in [0.4, 0.5) is 5.82 Å². The summed E-state index contributed by atoms with van der Waals surface area (Å²) >= 11 is 0. The van der Waals surface area contributed by atoms with Crippen LogP contribution in [0.1, 0.15) is 24.4 Å². The molecule has 4 heterocycles. The van der Waals surface area contributed by atoms with Crippen molar-refractivity contribution in [3.05, 3.63) is 36.3 Å². The van der Waals surface area contributed by atoms with Gasteiger partial charge in [0.1, 0.15) is 25.4 Å². The third-order valence-corrected chi connectivity index (χ3v) is 4.71. The van der Waals surface area contributed by atoms with Crippen LogP contribution >= 0.6 is 0 Å². The third-order valence-electron chi connectivity index (χ3n) is 4.71. The fourth-order valence-electron chi connectivity index (χ4n) is 3.68. The van der Waals surface area contributed by atoms with E-state index < -0.39 is 0 Å². The van der Waals surface area contributed by atoms with Gasteiger partial charge in [-0.25, -0.2) is 9.97 Å². The molecule has 7 nitrogen and oxygen atoms in total. The molecule has 0 unspecified atom stereocenters. The Hall–Kier alpha value is -2.83. The number of nitrogens with zero attached hydrogens (tertiary/aromatic N) is 4. The molecule has 2 aromatic heterocycles. The molecule has 1 N–H and O–H groups in total. The van der Waals surface area contributed by atoms with Crippen LogP contribution in [-0.2, 0) is 0 Å². The smallest absolute Gasteiger partial charge is 0.166 e. The van der Waals surface area contributed by atoms with Gasteiger partial charge in [0.2, 0.25) is 0 Å². The van der Waals surface area contributed by atoms with Gasteiger partial charge in [0, 0.05) is 12.1 Å². The van der Waals surface area contributed by atoms with Gasteiger partial charge in [-0.2, -0.15) is 5.10 Å². The predicted molar refractivity (Wildman–Crippen MR) is 88.4 cm³/mol. The first kappa shape index (κ1) is 13.6. The topological polar surface area (TPSA) is 76.2 Å². The zero-order valence-electron chi connectivity index (χ0n) is 13.1. The SMILES string of the molecule is c1cc2c(c([C@H]3CCCN3c3ncnc4[nH]ncc34)c1)OCCO2. The van der Waals surface area contributed by atoms with Gasteiger partial charge in [0.25, 0.3) is 0 Å². The molecule has 1 fully saturated rings. The zero-order chi connectivity index (χ0) is 15.9. The molecule has 3 aromatic rings. The van der Waals surface area contributed by atoms with E-state index in [1.54, 1.807) is 12.5 Å². The van der Waals surface area contributed by atoms with Crippen molar-refractivity contribution in [2.24, 2.45) is 0 Å². The van der Waals surface area contributed by atoms with Crippen LogP contribution in [0.2, 0.25) is 0 Å². The summed E-state index contributed by atoms with van der Waals surface area (Å²) in [5, 5.41) is 7.97. The number of aromatic nitrogens is 4. The van der Waals surface area contributed by atoms with E-state index in [9.17, 15) is 0 Å². The summed E-state index contributed by atoms with van der Waals surface area (Å²) in [6.07, 6.45) is 5.55. The van der Waals surface area contributed by atoms with Crippen LogP contribution in [0.25, 0.3) is 11.0 Å². The van der Waals surface area contributed by atoms with Gasteiger partial charge in [-0.05, 0) is 18.9 Å². The highest BCUT2D eigenvalue weighted by molar-refractivity contribution is 5.86.